The predicted octanol–water partition coefficient (Wildman–Crippen LogP) is 3.79. The molecule has 0 spiro atoms. The van der Waals surface area contributed by atoms with Crippen LogP contribution in [0.1, 0.15) is 42.8 Å². The number of nitrogens with two attached hydrogens (primary N) is 1. The third kappa shape index (κ3) is 2.42. The summed E-state index contributed by atoms with van der Waals surface area (Å²) in [5, 5.41) is 1.08. The van der Waals surface area contributed by atoms with E-state index in [-0.39, 0.29) is 6.04 Å². The van der Waals surface area contributed by atoms with Gasteiger partial charge in [-0.2, -0.15) is 0 Å². The van der Waals surface area contributed by atoms with Gasteiger partial charge in [-0.05, 0) is 31.0 Å². The van der Waals surface area contributed by atoms with Gasteiger partial charge in [0, 0.05) is 0 Å². The van der Waals surface area contributed by atoms with Crippen molar-refractivity contribution in [2.75, 3.05) is 0 Å². The number of thiazole rings is 1. The number of unbranched alkanes of at least 4 members (excludes halogenated alkanes) is 1. The van der Waals surface area contributed by atoms with E-state index in [1.807, 2.05) is 0 Å². The highest BCUT2D eigenvalue weighted by Gasteiger charge is 2.11. The van der Waals surface area contributed by atoms with Crippen molar-refractivity contribution >= 4 is 21.6 Å². The average molecular weight is 234 g/mol. The summed E-state index contributed by atoms with van der Waals surface area (Å²) in [6.07, 6.45) is 3.41. The van der Waals surface area contributed by atoms with Crippen molar-refractivity contribution in [1.29, 1.82) is 0 Å². The number of rotatable bonds is 4. The Kier molecular flexibility index (Phi) is 3.56. The standard InChI is InChI=1S/C13H18N2S/c1-3-4-5-10(14)13-15-11-7-6-9(2)8-12(11)16-13/h6-8,10H,3-5,14H2,1-2H3. The highest BCUT2D eigenvalue weighted by molar-refractivity contribution is 7.18. The van der Waals surface area contributed by atoms with Gasteiger partial charge in [-0.25, -0.2) is 4.98 Å². The van der Waals surface area contributed by atoms with Crippen molar-refractivity contribution in [1.82, 2.24) is 4.98 Å². The summed E-state index contributed by atoms with van der Waals surface area (Å²) in [6, 6.07) is 6.47. The molecule has 16 heavy (non-hydrogen) atoms. The summed E-state index contributed by atoms with van der Waals surface area (Å²) in [4.78, 5) is 4.60. The largest absolute Gasteiger partial charge is 0.322 e. The Morgan fingerprint density at radius 1 is 1.44 bits per heavy atom. The molecule has 0 aliphatic carbocycles. The van der Waals surface area contributed by atoms with E-state index in [0.717, 1.165) is 16.9 Å². The van der Waals surface area contributed by atoms with E-state index in [1.165, 1.54) is 23.1 Å². The molecule has 0 amide bonds. The van der Waals surface area contributed by atoms with Gasteiger partial charge in [-0.3, -0.25) is 0 Å². The SMILES string of the molecule is CCCCC(N)c1nc2ccc(C)cc2s1. The molecule has 2 nitrogen and oxygen atoms in total. The van der Waals surface area contributed by atoms with Crippen LogP contribution in [0.25, 0.3) is 10.2 Å². The highest BCUT2D eigenvalue weighted by atomic mass is 32.1. The number of fused-ring (bicyclic) bond motifs is 1. The molecule has 0 bridgehead atoms. The molecular weight excluding hydrogens is 216 g/mol. The molecule has 1 aromatic heterocycles. The maximum Gasteiger partial charge on any atom is 0.111 e. The Labute approximate surface area is 101 Å². The normalized spacial score (nSPS) is 13.2. The van der Waals surface area contributed by atoms with Crippen LogP contribution in [0.15, 0.2) is 18.2 Å². The molecule has 0 saturated carbocycles. The number of aryl methyl sites for hydroxylation is 1. The first-order chi connectivity index (χ1) is 7.70. The Morgan fingerprint density at radius 2 is 2.25 bits per heavy atom. The number of nitrogens with zero attached hydrogens (tertiary/aromatic N) is 1. The number of hydrogen-bond donors (Lipinski definition) is 1. The molecule has 0 aliphatic rings. The Bertz CT molecular complexity index is 476. The molecule has 0 fully saturated rings. The maximum atomic E-state index is 6.13. The van der Waals surface area contributed by atoms with Gasteiger partial charge in [0.05, 0.1) is 16.3 Å². The second kappa shape index (κ2) is 4.93. The molecule has 0 aliphatic heterocycles. The fraction of sp³-hybridized carbons (Fsp3) is 0.462. The lowest BCUT2D eigenvalue weighted by molar-refractivity contribution is 0.601. The summed E-state index contributed by atoms with van der Waals surface area (Å²) < 4.78 is 1.25. The number of hydrogen-bond acceptors (Lipinski definition) is 3. The lowest BCUT2D eigenvalue weighted by Crippen LogP contribution is -2.09. The molecule has 1 unspecified atom stereocenters. The predicted molar refractivity (Wildman–Crippen MR) is 70.8 cm³/mol. The zero-order valence-corrected chi connectivity index (χ0v) is 10.7. The Hall–Kier alpha value is -0.930. The van der Waals surface area contributed by atoms with Crippen molar-refractivity contribution < 1.29 is 0 Å². The zero-order valence-electron chi connectivity index (χ0n) is 9.86. The zero-order chi connectivity index (χ0) is 11.5. The van der Waals surface area contributed by atoms with Crippen LogP contribution in [0, 0.1) is 6.92 Å². The van der Waals surface area contributed by atoms with Crippen LogP contribution in [-0.4, -0.2) is 4.98 Å². The molecule has 3 heteroatoms. The lowest BCUT2D eigenvalue weighted by Gasteiger charge is -2.05. The van der Waals surface area contributed by atoms with E-state index < -0.39 is 0 Å². The second-order valence-electron chi connectivity index (χ2n) is 4.27. The first-order valence-corrected chi connectivity index (χ1v) is 6.65. The van der Waals surface area contributed by atoms with Gasteiger partial charge in [0.15, 0.2) is 0 Å². The summed E-state index contributed by atoms with van der Waals surface area (Å²) >= 11 is 1.73. The maximum absolute atomic E-state index is 6.13. The van der Waals surface area contributed by atoms with E-state index in [0.29, 0.717) is 0 Å². The number of aromatic nitrogens is 1. The Morgan fingerprint density at radius 3 is 3.00 bits per heavy atom. The van der Waals surface area contributed by atoms with Gasteiger partial charge in [-0.15, -0.1) is 11.3 Å². The summed E-state index contributed by atoms with van der Waals surface area (Å²) in [5.41, 5.74) is 8.49. The van der Waals surface area contributed by atoms with Crippen LogP contribution >= 0.6 is 11.3 Å². The second-order valence-corrected chi connectivity index (χ2v) is 5.33. The van der Waals surface area contributed by atoms with Gasteiger partial charge in [0.25, 0.3) is 0 Å². The van der Waals surface area contributed by atoms with E-state index >= 15 is 0 Å². The fourth-order valence-electron chi connectivity index (χ4n) is 1.76. The van der Waals surface area contributed by atoms with Gasteiger partial charge >= 0.3 is 0 Å². The summed E-state index contributed by atoms with van der Waals surface area (Å²) in [6.45, 7) is 4.30. The third-order valence-electron chi connectivity index (χ3n) is 2.75. The molecule has 0 radical (unpaired) electrons. The monoisotopic (exact) mass is 234 g/mol. The van der Waals surface area contributed by atoms with E-state index in [2.05, 4.69) is 37.0 Å². The third-order valence-corrected chi connectivity index (χ3v) is 3.90. The van der Waals surface area contributed by atoms with Crippen molar-refractivity contribution in [2.24, 2.45) is 5.73 Å². The molecule has 0 saturated heterocycles. The minimum Gasteiger partial charge on any atom is -0.322 e. The molecule has 1 heterocycles. The van der Waals surface area contributed by atoms with Crippen LogP contribution in [0.5, 0.6) is 0 Å². The van der Waals surface area contributed by atoms with Crippen LogP contribution in [-0.2, 0) is 0 Å². The fourth-order valence-corrected chi connectivity index (χ4v) is 2.86. The first-order valence-electron chi connectivity index (χ1n) is 5.83. The van der Waals surface area contributed by atoms with E-state index in [4.69, 9.17) is 5.73 Å². The van der Waals surface area contributed by atoms with Crippen molar-refractivity contribution in [3.05, 3.63) is 28.8 Å². The molecular formula is C13H18N2S. The molecule has 2 rings (SSSR count). The van der Waals surface area contributed by atoms with Crippen molar-refractivity contribution in [3.8, 4) is 0 Å². The topological polar surface area (TPSA) is 38.9 Å². The molecule has 2 N–H and O–H groups in total. The molecule has 2 aromatic rings. The average Bonchev–Trinajstić information content (AvgIpc) is 2.68. The van der Waals surface area contributed by atoms with Crippen molar-refractivity contribution in [2.45, 2.75) is 39.2 Å². The van der Waals surface area contributed by atoms with Gasteiger partial charge < -0.3 is 5.73 Å². The summed E-state index contributed by atoms with van der Waals surface area (Å²) in [5.74, 6) is 0. The van der Waals surface area contributed by atoms with E-state index in [1.54, 1.807) is 11.3 Å². The Balaban J connectivity index is 2.25. The van der Waals surface area contributed by atoms with Crippen LogP contribution < -0.4 is 5.73 Å². The minimum atomic E-state index is 0.109. The molecule has 1 aromatic carbocycles. The van der Waals surface area contributed by atoms with Gasteiger partial charge in [-0.1, -0.05) is 25.8 Å². The first kappa shape index (κ1) is 11.6. The highest BCUT2D eigenvalue weighted by Crippen LogP contribution is 2.28. The summed E-state index contributed by atoms with van der Waals surface area (Å²) in [7, 11) is 0. The quantitative estimate of drug-likeness (QED) is 0.874. The lowest BCUT2D eigenvalue weighted by atomic mass is 10.1. The molecule has 1 atom stereocenters. The van der Waals surface area contributed by atoms with Crippen LogP contribution in [0.2, 0.25) is 0 Å². The van der Waals surface area contributed by atoms with E-state index in [9.17, 15) is 0 Å². The smallest absolute Gasteiger partial charge is 0.111 e. The minimum absolute atomic E-state index is 0.109. The van der Waals surface area contributed by atoms with Crippen molar-refractivity contribution in [3.63, 3.8) is 0 Å². The van der Waals surface area contributed by atoms with Crippen LogP contribution in [0.4, 0.5) is 0 Å². The number of benzene rings is 1. The molecule has 86 valence electrons. The van der Waals surface area contributed by atoms with Gasteiger partial charge in [0.1, 0.15) is 5.01 Å². The van der Waals surface area contributed by atoms with Crippen LogP contribution in [0.3, 0.4) is 0 Å². The van der Waals surface area contributed by atoms with Gasteiger partial charge in [0.2, 0.25) is 0 Å².